The Balaban J connectivity index is 1.68. The first-order chi connectivity index (χ1) is 16.6. The lowest BCUT2D eigenvalue weighted by atomic mass is 10.1. The quantitative estimate of drug-likeness (QED) is 0.275. The third-order valence-corrected chi connectivity index (χ3v) is 4.84. The van der Waals surface area contributed by atoms with E-state index in [4.69, 9.17) is 23.5 Å². The number of carbonyl (C=O) groups is 1. The summed E-state index contributed by atoms with van der Waals surface area (Å²) in [4.78, 5) is 15.8. The molecule has 0 aliphatic heterocycles. The van der Waals surface area contributed by atoms with E-state index < -0.39 is 0 Å². The fourth-order valence-electron chi connectivity index (χ4n) is 3.22. The Morgan fingerprint density at radius 3 is 2.65 bits per heavy atom. The summed E-state index contributed by atoms with van der Waals surface area (Å²) in [6, 6.07) is 12.6. The summed E-state index contributed by atoms with van der Waals surface area (Å²) in [5.74, 6) is 2.10. The summed E-state index contributed by atoms with van der Waals surface area (Å²) >= 11 is 0. The van der Waals surface area contributed by atoms with E-state index in [9.17, 15) is 10.1 Å². The van der Waals surface area contributed by atoms with E-state index in [2.05, 4.69) is 16.2 Å². The topological polar surface area (TPSA) is 117 Å². The maximum absolute atomic E-state index is 11.4. The number of rotatable bonds is 12. The molecular formula is C25H27N3O6. The highest BCUT2D eigenvalue weighted by molar-refractivity contribution is 5.69. The number of unbranched alkanes of at least 4 members (excludes halogenated alkanes) is 1. The lowest BCUT2D eigenvalue weighted by Gasteiger charge is -2.10. The summed E-state index contributed by atoms with van der Waals surface area (Å²) < 4.78 is 27.1. The van der Waals surface area contributed by atoms with E-state index in [1.807, 2.05) is 6.92 Å². The maximum atomic E-state index is 11.4. The number of esters is 1. The Kier molecular flexibility index (Phi) is 8.86. The minimum absolute atomic E-state index is 0.193. The number of nitriles is 1. The fraction of sp³-hybridized carbons (Fsp3) is 0.360. The number of carbonyl (C=O) groups excluding carboxylic acids is 1. The first-order valence-corrected chi connectivity index (χ1v) is 11.1. The highest BCUT2D eigenvalue weighted by atomic mass is 16.5. The van der Waals surface area contributed by atoms with Gasteiger partial charge in [0.05, 0.1) is 38.1 Å². The third kappa shape index (κ3) is 6.25. The van der Waals surface area contributed by atoms with Gasteiger partial charge in [-0.15, -0.1) is 0 Å². The summed E-state index contributed by atoms with van der Waals surface area (Å²) in [6.07, 6.45) is 1.80. The van der Waals surface area contributed by atoms with E-state index in [1.165, 1.54) is 0 Å². The molecule has 34 heavy (non-hydrogen) atoms. The minimum Gasteiger partial charge on any atom is -0.496 e. The molecule has 178 valence electrons. The van der Waals surface area contributed by atoms with E-state index in [0.717, 1.165) is 6.42 Å². The Bertz CT molecular complexity index is 1150. The molecule has 0 spiro atoms. The molecule has 1 heterocycles. The van der Waals surface area contributed by atoms with E-state index in [0.29, 0.717) is 72.4 Å². The average Bonchev–Trinajstić information content (AvgIpc) is 3.34. The zero-order valence-electron chi connectivity index (χ0n) is 19.5. The molecule has 1 aromatic heterocycles. The Labute approximate surface area is 198 Å². The zero-order valence-corrected chi connectivity index (χ0v) is 19.5. The van der Waals surface area contributed by atoms with Crippen molar-refractivity contribution in [2.45, 2.75) is 33.1 Å². The SMILES string of the molecule is CCOC(=O)CCCCOc1ccc(-c2noc(-c3ccc(OCC)c(C#N)c3)n2)c(OC)c1. The fourth-order valence-corrected chi connectivity index (χ4v) is 3.22. The molecule has 2 aromatic carbocycles. The van der Waals surface area contributed by atoms with Gasteiger partial charge in [0.25, 0.3) is 5.89 Å². The molecule has 0 unspecified atom stereocenters. The zero-order chi connectivity index (χ0) is 24.3. The van der Waals surface area contributed by atoms with Crippen molar-refractivity contribution in [1.29, 1.82) is 5.26 Å². The molecule has 0 radical (unpaired) electrons. The van der Waals surface area contributed by atoms with Crippen LogP contribution in [0.25, 0.3) is 22.8 Å². The van der Waals surface area contributed by atoms with Gasteiger partial charge < -0.3 is 23.5 Å². The van der Waals surface area contributed by atoms with Gasteiger partial charge in [0.15, 0.2) is 0 Å². The molecule has 0 saturated carbocycles. The van der Waals surface area contributed by atoms with Crippen LogP contribution in [0, 0.1) is 11.3 Å². The predicted octanol–water partition coefficient (Wildman–Crippen LogP) is 4.79. The van der Waals surface area contributed by atoms with Crippen LogP contribution >= 0.6 is 0 Å². The molecule has 9 nitrogen and oxygen atoms in total. The number of methoxy groups -OCH3 is 1. The normalized spacial score (nSPS) is 10.4. The first-order valence-electron chi connectivity index (χ1n) is 11.1. The van der Waals surface area contributed by atoms with Crippen LogP contribution in [0.4, 0.5) is 0 Å². The van der Waals surface area contributed by atoms with Crippen molar-refractivity contribution >= 4 is 5.97 Å². The molecular weight excluding hydrogens is 438 g/mol. The summed E-state index contributed by atoms with van der Waals surface area (Å²) in [7, 11) is 1.55. The Morgan fingerprint density at radius 2 is 1.91 bits per heavy atom. The van der Waals surface area contributed by atoms with Crippen LogP contribution in [0.15, 0.2) is 40.9 Å². The molecule has 0 amide bonds. The van der Waals surface area contributed by atoms with Crippen LogP contribution in [0.5, 0.6) is 17.2 Å². The van der Waals surface area contributed by atoms with E-state index >= 15 is 0 Å². The first kappa shape index (κ1) is 24.6. The molecule has 3 aromatic rings. The van der Waals surface area contributed by atoms with E-state index in [1.54, 1.807) is 50.4 Å². The predicted molar refractivity (Wildman–Crippen MR) is 124 cm³/mol. The van der Waals surface area contributed by atoms with E-state index in [-0.39, 0.29) is 11.9 Å². The number of hydrogen-bond acceptors (Lipinski definition) is 9. The van der Waals surface area contributed by atoms with Crippen LogP contribution in [0.3, 0.4) is 0 Å². The standard InChI is InChI=1S/C25H27N3O6/c1-4-31-21-12-9-17(14-18(21)16-26)25-27-24(28-34-25)20-11-10-19(15-22(20)30-3)33-13-7-6-8-23(29)32-5-2/h9-12,14-15H,4-8,13H2,1-3H3. The van der Waals surface area contributed by atoms with Gasteiger partial charge in [-0.3, -0.25) is 4.79 Å². The van der Waals surface area contributed by atoms with Crippen LogP contribution in [0.1, 0.15) is 38.7 Å². The second kappa shape index (κ2) is 12.3. The van der Waals surface area contributed by atoms with Gasteiger partial charge in [0, 0.05) is 18.1 Å². The Hall–Kier alpha value is -4.06. The lowest BCUT2D eigenvalue weighted by molar-refractivity contribution is -0.143. The van der Waals surface area contributed by atoms with Gasteiger partial charge in [-0.2, -0.15) is 10.2 Å². The molecule has 0 aliphatic carbocycles. The maximum Gasteiger partial charge on any atom is 0.305 e. The Morgan fingerprint density at radius 1 is 1.06 bits per heavy atom. The summed E-state index contributed by atoms with van der Waals surface area (Å²) in [6.45, 7) is 4.97. The molecule has 3 rings (SSSR count). The third-order valence-electron chi connectivity index (χ3n) is 4.84. The molecule has 9 heteroatoms. The van der Waals surface area contributed by atoms with Crippen molar-refractivity contribution in [3.63, 3.8) is 0 Å². The summed E-state index contributed by atoms with van der Waals surface area (Å²) in [5, 5.41) is 13.5. The molecule has 0 fully saturated rings. The van der Waals surface area contributed by atoms with Crippen molar-refractivity contribution in [2.75, 3.05) is 26.9 Å². The number of nitrogens with zero attached hydrogens (tertiary/aromatic N) is 3. The van der Waals surface area contributed by atoms with Crippen molar-refractivity contribution < 1.29 is 28.3 Å². The molecule has 0 atom stereocenters. The van der Waals surface area contributed by atoms with Gasteiger partial charge >= 0.3 is 5.97 Å². The van der Waals surface area contributed by atoms with Gasteiger partial charge in [0.1, 0.15) is 23.3 Å². The van der Waals surface area contributed by atoms with Crippen LogP contribution in [-0.4, -0.2) is 43.0 Å². The number of ether oxygens (including phenoxy) is 4. The summed E-state index contributed by atoms with van der Waals surface area (Å²) in [5.41, 5.74) is 1.64. The van der Waals surface area contributed by atoms with Crippen molar-refractivity contribution in [3.8, 4) is 46.2 Å². The number of aromatic nitrogens is 2. The second-order valence-electron chi connectivity index (χ2n) is 7.15. The van der Waals surface area contributed by atoms with Gasteiger partial charge in [-0.25, -0.2) is 0 Å². The van der Waals surface area contributed by atoms with Crippen molar-refractivity contribution in [2.24, 2.45) is 0 Å². The molecule has 0 bridgehead atoms. The second-order valence-corrected chi connectivity index (χ2v) is 7.15. The highest BCUT2D eigenvalue weighted by Gasteiger charge is 2.17. The van der Waals surface area contributed by atoms with Crippen LogP contribution in [0.2, 0.25) is 0 Å². The van der Waals surface area contributed by atoms with Crippen LogP contribution in [-0.2, 0) is 9.53 Å². The molecule has 0 aliphatic rings. The largest absolute Gasteiger partial charge is 0.496 e. The van der Waals surface area contributed by atoms with Crippen LogP contribution < -0.4 is 14.2 Å². The minimum atomic E-state index is -0.193. The smallest absolute Gasteiger partial charge is 0.305 e. The number of hydrogen-bond donors (Lipinski definition) is 0. The molecule has 0 saturated heterocycles. The highest BCUT2D eigenvalue weighted by Crippen LogP contribution is 2.33. The lowest BCUT2D eigenvalue weighted by Crippen LogP contribution is -2.05. The van der Waals surface area contributed by atoms with Gasteiger partial charge in [0.2, 0.25) is 5.82 Å². The van der Waals surface area contributed by atoms with Crippen molar-refractivity contribution in [3.05, 3.63) is 42.0 Å². The van der Waals surface area contributed by atoms with Gasteiger partial charge in [-0.05, 0) is 57.0 Å². The average molecular weight is 466 g/mol. The van der Waals surface area contributed by atoms with Crippen molar-refractivity contribution in [1.82, 2.24) is 10.1 Å². The van der Waals surface area contributed by atoms with Gasteiger partial charge in [-0.1, -0.05) is 5.16 Å². The number of benzene rings is 2. The monoisotopic (exact) mass is 465 g/mol. The molecule has 0 N–H and O–H groups in total.